The third-order valence-electron chi connectivity index (χ3n) is 1.92. The van der Waals surface area contributed by atoms with Gasteiger partial charge in [-0.2, -0.15) is 0 Å². The molecule has 0 spiro atoms. The number of likely N-dealkylation sites (N-methyl/N-ethyl adjacent to an activating group) is 1. The summed E-state index contributed by atoms with van der Waals surface area (Å²) in [5, 5.41) is 0. The smallest absolute Gasteiger partial charge is 0.0225 e. The van der Waals surface area contributed by atoms with E-state index in [4.69, 9.17) is 5.73 Å². The molecule has 0 atom stereocenters. The summed E-state index contributed by atoms with van der Waals surface area (Å²) < 4.78 is 0. The molecule has 0 saturated heterocycles. The molecule has 2 nitrogen and oxygen atoms in total. The predicted octanol–water partition coefficient (Wildman–Crippen LogP) is 2.09. The SMILES string of the molecule is CN(CCC(C)(C)C)CC(C)(C)N. The Labute approximate surface area is 83.5 Å². The van der Waals surface area contributed by atoms with E-state index in [0.29, 0.717) is 5.41 Å². The first-order chi connectivity index (χ1) is 5.60. The van der Waals surface area contributed by atoms with E-state index in [1.165, 1.54) is 6.42 Å². The fourth-order valence-corrected chi connectivity index (χ4v) is 1.30. The van der Waals surface area contributed by atoms with Gasteiger partial charge in [-0.1, -0.05) is 20.8 Å². The highest BCUT2D eigenvalue weighted by Crippen LogP contribution is 2.18. The summed E-state index contributed by atoms with van der Waals surface area (Å²) in [5.74, 6) is 0. The molecule has 0 fully saturated rings. The fraction of sp³-hybridized carbons (Fsp3) is 1.00. The van der Waals surface area contributed by atoms with Crippen molar-refractivity contribution in [2.45, 2.75) is 46.6 Å². The second-order valence-corrected chi connectivity index (χ2v) is 6.04. The number of hydrogen-bond donors (Lipinski definition) is 1. The van der Waals surface area contributed by atoms with Gasteiger partial charge >= 0.3 is 0 Å². The molecule has 0 rings (SSSR count). The van der Waals surface area contributed by atoms with Crippen LogP contribution in [0.15, 0.2) is 0 Å². The molecule has 0 aromatic carbocycles. The molecule has 0 aliphatic rings. The van der Waals surface area contributed by atoms with Crippen molar-refractivity contribution in [3.63, 3.8) is 0 Å². The summed E-state index contributed by atoms with van der Waals surface area (Å²) in [5.41, 5.74) is 6.28. The molecule has 0 heterocycles. The van der Waals surface area contributed by atoms with Crippen LogP contribution in [0.3, 0.4) is 0 Å². The van der Waals surface area contributed by atoms with Gasteiger partial charge in [-0.3, -0.25) is 0 Å². The normalized spacial score (nSPS) is 13.8. The first-order valence-corrected chi connectivity index (χ1v) is 5.08. The Kier molecular flexibility index (Phi) is 4.40. The van der Waals surface area contributed by atoms with Crippen molar-refractivity contribution < 1.29 is 0 Å². The summed E-state index contributed by atoms with van der Waals surface area (Å²) in [7, 11) is 2.14. The van der Waals surface area contributed by atoms with E-state index < -0.39 is 0 Å². The van der Waals surface area contributed by atoms with Crippen molar-refractivity contribution in [2.24, 2.45) is 11.1 Å². The maximum Gasteiger partial charge on any atom is 0.0225 e. The lowest BCUT2D eigenvalue weighted by Gasteiger charge is -2.29. The summed E-state index contributed by atoms with van der Waals surface area (Å²) in [6.45, 7) is 13.0. The molecule has 0 unspecified atom stereocenters. The van der Waals surface area contributed by atoms with E-state index in [1.54, 1.807) is 0 Å². The van der Waals surface area contributed by atoms with Crippen LogP contribution in [0.1, 0.15) is 41.0 Å². The van der Waals surface area contributed by atoms with Gasteiger partial charge in [0.15, 0.2) is 0 Å². The largest absolute Gasteiger partial charge is 0.324 e. The van der Waals surface area contributed by atoms with Crippen molar-refractivity contribution in [1.82, 2.24) is 4.90 Å². The van der Waals surface area contributed by atoms with Gasteiger partial charge in [-0.05, 0) is 39.3 Å². The Hall–Kier alpha value is -0.0800. The molecule has 2 N–H and O–H groups in total. The summed E-state index contributed by atoms with van der Waals surface area (Å²) in [4.78, 5) is 2.31. The van der Waals surface area contributed by atoms with E-state index in [9.17, 15) is 0 Å². The minimum absolute atomic E-state index is 0.0768. The highest BCUT2D eigenvalue weighted by molar-refractivity contribution is 4.76. The number of hydrogen-bond acceptors (Lipinski definition) is 2. The minimum atomic E-state index is -0.0768. The van der Waals surface area contributed by atoms with Gasteiger partial charge in [0.2, 0.25) is 0 Å². The zero-order chi connectivity index (χ0) is 10.7. The Balaban J connectivity index is 3.70. The first-order valence-electron chi connectivity index (χ1n) is 5.08. The summed E-state index contributed by atoms with van der Waals surface area (Å²) in [6.07, 6.45) is 1.22. The van der Waals surface area contributed by atoms with Gasteiger partial charge in [-0.25, -0.2) is 0 Å². The molecule has 0 aromatic rings. The van der Waals surface area contributed by atoms with Gasteiger partial charge in [0.05, 0.1) is 0 Å². The van der Waals surface area contributed by atoms with Gasteiger partial charge in [-0.15, -0.1) is 0 Å². The zero-order valence-corrected chi connectivity index (χ0v) is 10.1. The monoisotopic (exact) mass is 186 g/mol. The quantitative estimate of drug-likeness (QED) is 0.728. The lowest BCUT2D eigenvalue weighted by Crippen LogP contribution is -2.44. The van der Waals surface area contributed by atoms with E-state index in [2.05, 4.69) is 46.6 Å². The van der Waals surface area contributed by atoms with Crippen LogP contribution in [0.2, 0.25) is 0 Å². The predicted molar refractivity (Wildman–Crippen MR) is 59.8 cm³/mol. The molecule has 80 valence electrons. The van der Waals surface area contributed by atoms with Crippen LogP contribution in [-0.2, 0) is 0 Å². The lowest BCUT2D eigenvalue weighted by atomic mass is 9.92. The molecular weight excluding hydrogens is 160 g/mol. The Bertz CT molecular complexity index is 139. The molecule has 2 heteroatoms. The maximum absolute atomic E-state index is 5.93. The minimum Gasteiger partial charge on any atom is -0.324 e. The topological polar surface area (TPSA) is 29.3 Å². The van der Waals surface area contributed by atoms with Crippen molar-refractivity contribution in [1.29, 1.82) is 0 Å². The van der Waals surface area contributed by atoms with Crippen LogP contribution in [0, 0.1) is 5.41 Å². The Morgan fingerprint density at radius 2 is 1.54 bits per heavy atom. The molecule has 0 saturated carbocycles. The van der Waals surface area contributed by atoms with Crippen LogP contribution in [0.25, 0.3) is 0 Å². The van der Waals surface area contributed by atoms with E-state index in [0.717, 1.165) is 13.1 Å². The van der Waals surface area contributed by atoms with Crippen molar-refractivity contribution in [3.05, 3.63) is 0 Å². The van der Waals surface area contributed by atoms with Gasteiger partial charge in [0, 0.05) is 12.1 Å². The third-order valence-corrected chi connectivity index (χ3v) is 1.92. The van der Waals surface area contributed by atoms with Gasteiger partial charge < -0.3 is 10.6 Å². The maximum atomic E-state index is 5.93. The molecular formula is C11H26N2. The number of rotatable bonds is 4. The molecule has 0 aliphatic heterocycles. The zero-order valence-electron chi connectivity index (χ0n) is 10.1. The number of nitrogens with zero attached hydrogens (tertiary/aromatic N) is 1. The lowest BCUT2D eigenvalue weighted by molar-refractivity contribution is 0.229. The molecule has 0 amide bonds. The van der Waals surface area contributed by atoms with E-state index in [-0.39, 0.29) is 5.54 Å². The van der Waals surface area contributed by atoms with E-state index >= 15 is 0 Å². The molecule has 13 heavy (non-hydrogen) atoms. The second kappa shape index (κ2) is 4.43. The Morgan fingerprint density at radius 1 is 1.08 bits per heavy atom. The van der Waals surface area contributed by atoms with Crippen molar-refractivity contribution in [2.75, 3.05) is 20.1 Å². The average Bonchev–Trinajstić information content (AvgIpc) is 1.78. The van der Waals surface area contributed by atoms with E-state index in [1.807, 2.05) is 0 Å². The average molecular weight is 186 g/mol. The first kappa shape index (κ1) is 12.9. The van der Waals surface area contributed by atoms with Gasteiger partial charge in [0.25, 0.3) is 0 Å². The molecule has 0 aliphatic carbocycles. The Morgan fingerprint density at radius 3 is 1.85 bits per heavy atom. The molecule has 0 bridgehead atoms. The van der Waals surface area contributed by atoms with Crippen LogP contribution < -0.4 is 5.73 Å². The van der Waals surface area contributed by atoms with Crippen LogP contribution in [0.5, 0.6) is 0 Å². The highest BCUT2D eigenvalue weighted by atomic mass is 15.1. The second-order valence-electron chi connectivity index (χ2n) is 6.04. The van der Waals surface area contributed by atoms with Gasteiger partial charge in [0.1, 0.15) is 0 Å². The number of nitrogens with two attached hydrogens (primary N) is 1. The highest BCUT2D eigenvalue weighted by Gasteiger charge is 2.16. The summed E-state index contributed by atoms with van der Waals surface area (Å²) in [6, 6.07) is 0. The third kappa shape index (κ3) is 9.84. The van der Waals surface area contributed by atoms with Crippen LogP contribution in [-0.4, -0.2) is 30.6 Å². The van der Waals surface area contributed by atoms with Crippen LogP contribution in [0.4, 0.5) is 0 Å². The standard InChI is InChI=1S/C11H26N2/c1-10(2,3)7-8-13(6)9-11(4,5)12/h7-9,12H2,1-6H3. The van der Waals surface area contributed by atoms with Crippen molar-refractivity contribution in [3.8, 4) is 0 Å². The molecule has 0 radical (unpaired) electrons. The summed E-state index contributed by atoms with van der Waals surface area (Å²) >= 11 is 0. The molecule has 0 aromatic heterocycles. The fourth-order valence-electron chi connectivity index (χ4n) is 1.30. The van der Waals surface area contributed by atoms with Crippen molar-refractivity contribution >= 4 is 0 Å². The van der Waals surface area contributed by atoms with Crippen LogP contribution >= 0.6 is 0 Å².